The summed E-state index contributed by atoms with van der Waals surface area (Å²) in [5, 5.41) is 4.23. The number of likely N-dealkylation sites (tertiary alicyclic amines) is 1. The van der Waals surface area contributed by atoms with Crippen LogP contribution in [0, 0.1) is 6.92 Å². The molecule has 4 heteroatoms. The maximum absolute atomic E-state index is 5.58. The molecule has 0 aliphatic carbocycles. The van der Waals surface area contributed by atoms with Gasteiger partial charge < -0.3 is 15.1 Å². The van der Waals surface area contributed by atoms with E-state index < -0.39 is 0 Å². The van der Waals surface area contributed by atoms with Crippen LogP contribution in [0.4, 0.5) is 5.69 Å². The van der Waals surface area contributed by atoms with E-state index in [9.17, 15) is 0 Å². The van der Waals surface area contributed by atoms with Crippen molar-refractivity contribution in [3.05, 3.63) is 29.8 Å². The molecule has 1 heterocycles. The van der Waals surface area contributed by atoms with Gasteiger partial charge in [0, 0.05) is 30.9 Å². The third kappa shape index (κ3) is 4.43. The minimum absolute atomic E-state index is 0.661. The van der Waals surface area contributed by atoms with Crippen LogP contribution in [-0.2, 0) is 0 Å². The minimum Gasteiger partial charge on any atom is -0.349 e. The average Bonchev–Trinajstić information content (AvgIpc) is 2.53. The molecular weight excluding hydrogens is 290 g/mol. The van der Waals surface area contributed by atoms with Crippen molar-refractivity contribution in [2.75, 3.05) is 25.5 Å². The molecule has 1 fully saturated rings. The lowest BCUT2D eigenvalue weighted by molar-refractivity contribution is 0.126. The van der Waals surface area contributed by atoms with Gasteiger partial charge in [-0.1, -0.05) is 19.1 Å². The zero-order valence-electron chi connectivity index (χ0n) is 14.3. The molecule has 0 aromatic heterocycles. The number of thiocarbonyl (C=S) groups is 1. The predicted octanol–water partition coefficient (Wildman–Crippen LogP) is 3.89. The highest BCUT2D eigenvalue weighted by molar-refractivity contribution is 7.80. The molecule has 122 valence electrons. The first kappa shape index (κ1) is 17.2. The second-order valence-corrected chi connectivity index (χ2v) is 6.83. The molecule has 1 aliphatic rings. The van der Waals surface area contributed by atoms with Crippen LogP contribution in [0.25, 0.3) is 0 Å². The molecule has 1 saturated heterocycles. The molecule has 0 saturated carbocycles. The predicted molar refractivity (Wildman–Crippen MR) is 99.5 cm³/mol. The average molecular weight is 320 g/mol. The van der Waals surface area contributed by atoms with Crippen LogP contribution < -0.4 is 5.32 Å². The zero-order chi connectivity index (χ0) is 16.1. The van der Waals surface area contributed by atoms with Gasteiger partial charge in [-0.05, 0) is 70.1 Å². The Bertz CT molecular complexity index is 495. The van der Waals surface area contributed by atoms with Crippen LogP contribution in [-0.4, -0.2) is 47.1 Å². The molecule has 22 heavy (non-hydrogen) atoms. The van der Waals surface area contributed by atoms with Crippen molar-refractivity contribution >= 4 is 23.0 Å². The summed E-state index contributed by atoms with van der Waals surface area (Å²) < 4.78 is 0. The molecule has 2 rings (SSSR count). The first-order valence-electron chi connectivity index (χ1n) is 8.35. The molecule has 0 radical (unpaired) electrons. The van der Waals surface area contributed by atoms with Gasteiger partial charge in [-0.3, -0.25) is 0 Å². The quantitative estimate of drug-likeness (QED) is 0.848. The standard InChI is InChI=1S/C18H29N3S/c1-5-15(3)20(4)17-9-11-21(12-10-17)18(22)19-16-8-6-7-14(2)13-16/h6-8,13,15,17H,5,9-12H2,1-4H3,(H,19,22)/t15-/m1/s1. The number of piperidine rings is 1. The van der Waals surface area contributed by atoms with Crippen molar-refractivity contribution in [1.82, 2.24) is 9.80 Å². The molecular formula is C18H29N3S. The molecule has 1 atom stereocenters. The highest BCUT2D eigenvalue weighted by atomic mass is 32.1. The van der Waals surface area contributed by atoms with E-state index >= 15 is 0 Å². The zero-order valence-corrected chi connectivity index (χ0v) is 15.1. The van der Waals surface area contributed by atoms with E-state index in [1.165, 1.54) is 24.8 Å². The SMILES string of the molecule is CC[C@@H](C)N(C)C1CCN(C(=S)Nc2cccc(C)c2)CC1. The first-order chi connectivity index (χ1) is 10.5. The highest BCUT2D eigenvalue weighted by Crippen LogP contribution is 2.19. The Morgan fingerprint density at radius 1 is 1.41 bits per heavy atom. The number of rotatable bonds is 4. The Labute approximate surface area is 140 Å². The van der Waals surface area contributed by atoms with E-state index in [0.717, 1.165) is 23.9 Å². The lowest BCUT2D eigenvalue weighted by Crippen LogP contribution is -2.48. The molecule has 0 amide bonds. The Balaban J connectivity index is 1.85. The topological polar surface area (TPSA) is 18.5 Å². The largest absolute Gasteiger partial charge is 0.349 e. The smallest absolute Gasteiger partial charge is 0.173 e. The second-order valence-electron chi connectivity index (χ2n) is 6.44. The summed E-state index contributed by atoms with van der Waals surface area (Å²) >= 11 is 5.58. The molecule has 1 N–H and O–H groups in total. The Morgan fingerprint density at radius 2 is 2.09 bits per heavy atom. The second kappa shape index (κ2) is 7.93. The van der Waals surface area contributed by atoms with E-state index in [2.05, 4.69) is 67.2 Å². The fourth-order valence-electron chi connectivity index (χ4n) is 3.05. The van der Waals surface area contributed by atoms with Crippen LogP contribution in [0.15, 0.2) is 24.3 Å². The lowest BCUT2D eigenvalue weighted by atomic mass is 10.0. The van der Waals surface area contributed by atoms with Gasteiger partial charge in [-0.25, -0.2) is 0 Å². The molecule has 1 aromatic carbocycles. The maximum atomic E-state index is 5.58. The van der Waals surface area contributed by atoms with Gasteiger partial charge in [0.25, 0.3) is 0 Å². The first-order valence-corrected chi connectivity index (χ1v) is 8.76. The molecule has 0 spiro atoms. The van der Waals surface area contributed by atoms with E-state index in [1.54, 1.807) is 0 Å². The number of nitrogens with one attached hydrogen (secondary N) is 1. The van der Waals surface area contributed by atoms with Crippen molar-refractivity contribution < 1.29 is 0 Å². The number of hydrogen-bond donors (Lipinski definition) is 1. The van der Waals surface area contributed by atoms with Gasteiger partial charge in [0.15, 0.2) is 5.11 Å². The summed E-state index contributed by atoms with van der Waals surface area (Å²) in [5.41, 5.74) is 2.34. The van der Waals surface area contributed by atoms with E-state index in [0.29, 0.717) is 12.1 Å². The fraction of sp³-hybridized carbons (Fsp3) is 0.611. The van der Waals surface area contributed by atoms with Crippen LogP contribution >= 0.6 is 12.2 Å². The summed E-state index contributed by atoms with van der Waals surface area (Å²) in [4.78, 5) is 4.84. The number of benzene rings is 1. The highest BCUT2D eigenvalue weighted by Gasteiger charge is 2.25. The van der Waals surface area contributed by atoms with Crippen molar-refractivity contribution in [2.24, 2.45) is 0 Å². The van der Waals surface area contributed by atoms with E-state index in [-0.39, 0.29) is 0 Å². The Morgan fingerprint density at radius 3 is 2.68 bits per heavy atom. The third-order valence-corrected chi connectivity index (χ3v) is 5.24. The summed E-state index contributed by atoms with van der Waals surface area (Å²) in [6.45, 7) is 8.77. The van der Waals surface area contributed by atoms with Crippen molar-refractivity contribution in [3.63, 3.8) is 0 Å². The van der Waals surface area contributed by atoms with Gasteiger partial charge in [-0.15, -0.1) is 0 Å². The summed E-state index contributed by atoms with van der Waals surface area (Å²) in [5.74, 6) is 0. The maximum Gasteiger partial charge on any atom is 0.173 e. The molecule has 0 bridgehead atoms. The number of nitrogens with zero attached hydrogens (tertiary/aromatic N) is 2. The molecule has 1 aromatic rings. The Kier molecular flexibility index (Phi) is 6.21. The monoisotopic (exact) mass is 319 g/mol. The Hall–Kier alpha value is -1.13. The van der Waals surface area contributed by atoms with Crippen LogP contribution in [0.5, 0.6) is 0 Å². The van der Waals surface area contributed by atoms with Crippen LogP contribution in [0.2, 0.25) is 0 Å². The fourth-order valence-corrected chi connectivity index (χ4v) is 3.35. The van der Waals surface area contributed by atoms with Gasteiger partial charge in [0.2, 0.25) is 0 Å². The lowest BCUT2D eigenvalue weighted by Gasteiger charge is -2.40. The van der Waals surface area contributed by atoms with Gasteiger partial charge in [0.05, 0.1) is 0 Å². The summed E-state index contributed by atoms with van der Waals surface area (Å²) in [7, 11) is 2.26. The van der Waals surface area contributed by atoms with E-state index in [1.807, 2.05) is 0 Å². The van der Waals surface area contributed by atoms with Crippen molar-refractivity contribution in [1.29, 1.82) is 0 Å². The molecule has 0 unspecified atom stereocenters. The summed E-state index contributed by atoms with van der Waals surface area (Å²) in [6.07, 6.45) is 3.59. The minimum atomic E-state index is 0.661. The van der Waals surface area contributed by atoms with Crippen LogP contribution in [0.1, 0.15) is 38.7 Å². The van der Waals surface area contributed by atoms with Crippen LogP contribution in [0.3, 0.4) is 0 Å². The summed E-state index contributed by atoms with van der Waals surface area (Å²) in [6, 6.07) is 9.72. The van der Waals surface area contributed by atoms with Crippen molar-refractivity contribution in [3.8, 4) is 0 Å². The normalized spacial score (nSPS) is 17.6. The number of aryl methyl sites for hydroxylation is 1. The van der Waals surface area contributed by atoms with Crippen molar-refractivity contribution in [2.45, 2.75) is 52.1 Å². The third-order valence-electron chi connectivity index (χ3n) is 4.88. The molecule has 3 nitrogen and oxygen atoms in total. The van der Waals surface area contributed by atoms with Gasteiger partial charge >= 0.3 is 0 Å². The van der Waals surface area contributed by atoms with Gasteiger partial charge in [-0.2, -0.15) is 0 Å². The molecule has 1 aliphatic heterocycles. The van der Waals surface area contributed by atoms with Gasteiger partial charge in [0.1, 0.15) is 0 Å². The van der Waals surface area contributed by atoms with E-state index in [4.69, 9.17) is 12.2 Å². The number of anilines is 1. The number of hydrogen-bond acceptors (Lipinski definition) is 2.